The molecule has 6 heteroatoms. The summed E-state index contributed by atoms with van der Waals surface area (Å²) in [5.41, 5.74) is 5.58. The first kappa shape index (κ1) is 22.7. The average molecular weight is 438 g/mol. The van der Waals surface area contributed by atoms with Crippen molar-refractivity contribution in [2.45, 2.75) is 64.0 Å². The highest BCUT2D eigenvalue weighted by Gasteiger charge is 2.34. The van der Waals surface area contributed by atoms with E-state index >= 15 is 0 Å². The number of carbonyl (C=O) groups is 1. The number of hydrogen-bond acceptors (Lipinski definition) is 5. The predicted molar refractivity (Wildman–Crippen MR) is 126 cm³/mol. The fraction of sp³-hybridized carbons (Fsp3) is 0.538. The molecule has 2 atom stereocenters. The van der Waals surface area contributed by atoms with Crippen LogP contribution in [0.25, 0.3) is 0 Å². The Balaban J connectivity index is 1.22. The second-order valence-electron chi connectivity index (χ2n) is 8.85. The topological polar surface area (TPSA) is 74.7 Å². The maximum absolute atomic E-state index is 12.1. The Kier molecular flexibility index (Phi) is 7.76. The molecule has 3 heterocycles. The van der Waals surface area contributed by atoms with Crippen molar-refractivity contribution >= 4 is 11.7 Å². The lowest BCUT2D eigenvalue weighted by atomic mass is 9.97. The molecule has 0 bridgehead atoms. The Morgan fingerprint density at radius 1 is 1.28 bits per heavy atom. The number of benzene rings is 1. The van der Waals surface area contributed by atoms with Crippen molar-refractivity contribution in [3.05, 3.63) is 58.9 Å². The summed E-state index contributed by atoms with van der Waals surface area (Å²) in [5, 5.41) is 13.3. The van der Waals surface area contributed by atoms with E-state index in [0.717, 1.165) is 69.2 Å². The van der Waals surface area contributed by atoms with Gasteiger partial charge in [0, 0.05) is 31.9 Å². The van der Waals surface area contributed by atoms with E-state index in [4.69, 9.17) is 9.72 Å². The first-order valence-corrected chi connectivity index (χ1v) is 12.0. The van der Waals surface area contributed by atoms with Gasteiger partial charge in [-0.25, -0.2) is 0 Å². The fourth-order valence-corrected chi connectivity index (χ4v) is 4.91. The van der Waals surface area contributed by atoms with Gasteiger partial charge in [0.25, 0.3) is 0 Å². The number of hydrogen-bond donors (Lipinski definition) is 2. The average Bonchev–Trinajstić information content (AvgIpc) is 3.27. The van der Waals surface area contributed by atoms with Crippen LogP contribution in [0.3, 0.4) is 0 Å². The standard InChI is InChI=1S/C26H35N3O3/c1-2-19-8-3-4-10-22(19)25(26(30)31)29-16-14-21(18-29)32-17-6-5-9-20-12-13-23-24(28-20)11-7-15-27-23/h3-4,8,10,12-13,21,25,27H,2,5-7,9,11,14-18H2,1H3,(H,30,31)/t21-,25?/m1/s1. The molecular formula is C26H35N3O3. The molecule has 0 amide bonds. The van der Waals surface area contributed by atoms with Crippen molar-refractivity contribution in [2.75, 3.05) is 31.6 Å². The predicted octanol–water partition coefficient (Wildman–Crippen LogP) is 4.24. The second-order valence-corrected chi connectivity index (χ2v) is 8.85. The molecule has 0 radical (unpaired) electrons. The van der Waals surface area contributed by atoms with E-state index in [1.54, 1.807) is 0 Å². The van der Waals surface area contributed by atoms with Gasteiger partial charge in [-0.3, -0.25) is 14.7 Å². The number of unbranched alkanes of at least 4 members (excludes halogenated alkanes) is 1. The fourth-order valence-electron chi connectivity index (χ4n) is 4.91. The van der Waals surface area contributed by atoms with Crippen LogP contribution >= 0.6 is 0 Å². The molecule has 0 spiro atoms. The Labute approximate surface area is 191 Å². The molecule has 6 nitrogen and oxygen atoms in total. The number of aliphatic carboxylic acids is 1. The molecule has 2 N–H and O–H groups in total. The van der Waals surface area contributed by atoms with Crippen LogP contribution in [-0.2, 0) is 28.8 Å². The van der Waals surface area contributed by atoms with Gasteiger partial charge in [-0.15, -0.1) is 0 Å². The minimum atomic E-state index is -0.778. The molecule has 0 saturated carbocycles. The minimum absolute atomic E-state index is 0.110. The Bertz CT molecular complexity index is 917. The van der Waals surface area contributed by atoms with E-state index in [-0.39, 0.29) is 6.10 Å². The zero-order chi connectivity index (χ0) is 22.3. The first-order valence-electron chi connectivity index (χ1n) is 12.0. The van der Waals surface area contributed by atoms with Crippen LogP contribution in [0.1, 0.15) is 61.2 Å². The lowest BCUT2D eigenvalue weighted by Crippen LogP contribution is -2.34. The molecule has 2 aliphatic heterocycles. The summed E-state index contributed by atoms with van der Waals surface area (Å²) < 4.78 is 6.12. The van der Waals surface area contributed by atoms with E-state index in [1.807, 2.05) is 24.3 Å². The lowest BCUT2D eigenvalue weighted by Gasteiger charge is -2.26. The van der Waals surface area contributed by atoms with Crippen molar-refractivity contribution in [1.82, 2.24) is 9.88 Å². The number of fused-ring (bicyclic) bond motifs is 1. The maximum atomic E-state index is 12.1. The van der Waals surface area contributed by atoms with Crippen LogP contribution in [-0.4, -0.2) is 53.3 Å². The van der Waals surface area contributed by atoms with Crippen LogP contribution in [0.2, 0.25) is 0 Å². The van der Waals surface area contributed by atoms with E-state index in [0.29, 0.717) is 13.2 Å². The van der Waals surface area contributed by atoms with Crippen LogP contribution in [0.15, 0.2) is 36.4 Å². The number of aryl methyl sites for hydroxylation is 3. The Hall–Kier alpha value is -2.44. The molecule has 1 unspecified atom stereocenters. The van der Waals surface area contributed by atoms with Gasteiger partial charge in [0.2, 0.25) is 0 Å². The molecule has 1 saturated heterocycles. The van der Waals surface area contributed by atoms with E-state index in [9.17, 15) is 9.90 Å². The number of carboxylic acid groups (broad SMARTS) is 1. The normalized spacial score (nSPS) is 19.3. The van der Waals surface area contributed by atoms with Gasteiger partial charge in [0.1, 0.15) is 6.04 Å². The quantitative estimate of drug-likeness (QED) is 0.542. The van der Waals surface area contributed by atoms with Crippen molar-refractivity contribution in [3.8, 4) is 0 Å². The molecule has 4 rings (SSSR count). The van der Waals surface area contributed by atoms with E-state index in [2.05, 4.69) is 29.3 Å². The number of anilines is 1. The molecule has 0 aliphatic carbocycles. The summed E-state index contributed by atoms with van der Waals surface area (Å²) >= 11 is 0. The van der Waals surface area contributed by atoms with Crippen LogP contribution in [0.4, 0.5) is 5.69 Å². The number of ether oxygens (including phenoxy) is 1. The SMILES string of the molecule is CCc1ccccc1C(C(=O)O)N1CC[C@@H](OCCCCc2ccc3c(n2)CCCN3)C1. The molecule has 172 valence electrons. The highest BCUT2D eigenvalue weighted by atomic mass is 16.5. The van der Waals surface area contributed by atoms with Crippen molar-refractivity contribution in [3.63, 3.8) is 0 Å². The maximum Gasteiger partial charge on any atom is 0.325 e. The Morgan fingerprint density at radius 3 is 3.00 bits per heavy atom. The molecule has 1 aromatic carbocycles. The zero-order valence-corrected chi connectivity index (χ0v) is 19.1. The summed E-state index contributed by atoms with van der Waals surface area (Å²) in [7, 11) is 0. The lowest BCUT2D eigenvalue weighted by molar-refractivity contribution is -0.143. The highest BCUT2D eigenvalue weighted by molar-refractivity contribution is 5.76. The van der Waals surface area contributed by atoms with Crippen LogP contribution < -0.4 is 5.32 Å². The van der Waals surface area contributed by atoms with E-state index in [1.165, 1.54) is 17.1 Å². The van der Waals surface area contributed by atoms with Crippen LogP contribution in [0.5, 0.6) is 0 Å². The molecule has 2 aliphatic rings. The van der Waals surface area contributed by atoms with Crippen LogP contribution in [0, 0.1) is 0 Å². The Morgan fingerprint density at radius 2 is 2.16 bits per heavy atom. The number of carboxylic acids is 1. The third-order valence-electron chi connectivity index (χ3n) is 6.62. The van der Waals surface area contributed by atoms with Gasteiger partial charge in [-0.05, 0) is 68.2 Å². The largest absolute Gasteiger partial charge is 0.480 e. The summed E-state index contributed by atoms with van der Waals surface area (Å²) in [5.74, 6) is -0.778. The number of likely N-dealkylation sites (tertiary alicyclic amines) is 1. The highest BCUT2D eigenvalue weighted by Crippen LogP contribution is 2.29. The number of nitrogens with zero attached hydrogens (tertiary/aromatic N) is 2. The molecule has 1 aromatic heterocycles. The summed E-state index contributed by atoms with van der Waals surface area (Å²) in [6, 6.07) is 11.6. The number of aromatic nitrogens is 1. The van der Waals surface area contributed by atoms with Gasteiger partial charge in [0.15, 0.2) is 0 Å². The third-order valence-corrected chi connectivity index (χ3v) is 6.62. The van der Waals surface area contributed by atoms with Crippen molar-refractivity contribution < 1.29 is 14.6 Å². The molecule has 32 heavy (non-hydrogen) atoms. The molecular weight excluding hydrogens is 402 g/mol. The second kappa shape index (κ2) is 10.9. The van der Waals surface area contributed by atoms with Gasteiger partial charge in [-0.2, -0.15) is 0 Å². The summed E-state index contributed by atoms with van der Waals surface area (Å²) in [6.07, 6.45) is 7.08. The van der Waals surface area contributed by atoms with Gasteiger partial charge in [-0.1, -0.05) is 31.2 Å². The van der Waals surface area contributed by atoms with Crippen molar-refractivity contribution in [1.29, 1.82) is 0 Å². The first-order chi connectivity index (χ1) is 15.7. The minimum Gasteiger partial charge on any atom is -0.480 e. The van der Waals surface area contributed by atoms with Gasteiger partial charge < -0.3 is 15.2 Å². The molecule has 1 fully saturated rings. The number of rotatable bonds is 10. The zero-order valence-electron chi connectivity index (χ0n) is 19.1. The third kappa shape index (κ3) is 5.48. The smallest absolute Gasteiger partial charge is 0.325 e. The van der Waals surface area contributed by atoms with Crippen molar-refractivity contribution in [2.24, 2.45) is 0 Å². The molecule has 2 aromatic rings. The summed E-state index contributed by atoms with van der Waals surface area (Å²) in [4.78, 5) is 19.0. The summed E-state index contributed by atoms with van der Waals surface area (Å²) in [6.45, 7) is 5.27. The van der Waals surface area contributed by atoms with Gasteiger partial charge in [0.05, 0.1) is 17.5 Å². The number of pyridine rings is 1. The van der Waals surface area contributed by atoms with Gasteiger partial charge >= 0.3 is 5.97 Å². The monoisotopic (exact) mass is 437 g/mol. The van der Waals surface area contributed by atoms with E-state index < -0.39 is 12.0 Å². The number of nitrogens with one attached hydrogen (secondary N) is 1.